The lowest BCUT2D eigenvalue weighted by Gasteiger charge is -2.41. The fourth-order valence-corrected chi connectivity index (χ4v) is 3.44. The maximum atomic E-state index is 13.1. The van der Waals surface area contributed by atoms with Gasteiger partial charge in [0.1, 0.15) is 11.6 Å². The largest absolute Gasteiger partial charge is 0.508 e. The van der Waals surface area contributed by atoms with Gasteiger partial charge in [0.15, 0.2) is 0 Å². The van der Waals surface area contributed by atoms with Crippen LogP contribution in [0.4, 0.5) is 4.39 Å². The van der Waals surface area contributed by atoms with E-state index in [2.05, 4.69) is 9.80 Å². The molecular weight excluding hydrogens is 319 g/mol. The van der Waals surface area contributed by atoms with Gasteiger partial charge >= 0.3 is 0 Å². The summed E-state index contributed by atoms with van der Waals surface area (Å²) in [6.07, 6.45) is 0.707. The summed E-state index contributed by atoms with van der Waals surface area (Å²) in [5.74, 6) is 0.109. The Kier molecular flexibility index (Phi) is 6.02. The van der Waals surface area contributed by atoms with E-state index < -0.39 is 0 Å². The number of aliphatic hydroxyl groups excluding tert-OH is 1. The summed E-state index contributed by atoms with van der Waals surface area (Å²) in [4.78, 5) is 4.67. The van der Waals surface area contributed by atoms with Gasteiger partial charge in [0, 0.05) is 50.9 Å². The van der Waals surface area contributed by atoms with Crippen LogP contribution >= 0.6 is 0 Å². The zero-order chi connectivity index (χ0) is 17.6. The van der Waals surface area contributed by atoms with Gasteiger partial charge in [-0.05, 0) is 30.2 Å². The molecule has 1 fully saturated rings. The van der Waals surface area contributed by atoms with Crippen LogP contribution in [0, 0.1) is 5.82 Å². The number of phenolic OH excluding ortho intramolecular Hbond substituents is 1. The number of aliphatic hydroxyl groups is 1. The first-order valence-electron chi connectivity index (χ1n) is 8.74. The Hall–Kier alpha value is -1.95. The molecule has 0 saturated carbocycles. The maximum absolute atomic E-state index is 13.1. The molecule has 4 nitrogen and oxygen atoms in total. The lowest BCUT2D eigenvalue weighted by molar-refractivity contribution is 0.0496. The second-order valence-corrected chi connectivity index (χ2v) is 6.63. The van der Waals surface area contributed by atoms with E-state index in [1.165, 1.54) is 12.1 Å². The lowest BCUT2D eigenvalue weighted by Crippen LogP contribution is -2.52. The second-order valence-electron chi connectivity index (χ2n) is 6.63. The number of piperazine rings is 1. The number of para-hydroxylation sites is 1. The monoisotopic (exact) mass is 344 g/mol. The molecule has 1 atom stereocenters. The molecule has 0 aromatic heterocycles. The third-order valence-corrected chi connectivity index (χ3v) is 4.84. The quantitative estimate of drug-likeness (QED) is 0.846. The van der Waals surface area contributed by atoms with Crippen molar-refractivity contribution >= 4 is 0 Å². The standard InChI is InChI=1S/C20H25FN2O2/c21-18-7-5-16(6-8-18)13-23-11-10-22(15-19(23)9-12-24)14-17-3-1-2-4-20(17)25/h1-8,19,24-25H,9-15H2/t19-/m0/s1. The van der Waals surface area contributed by atoms with E-state index in [0.29, 0.717) is 18.7 Å². The first kappa shape index (κ1) is 17.9. The minimum atomic E-state index is -0.219. The summed E-state index contributed by atoms with van der Waals surface area (Å²) in [6, 6.07) is 14.3. The Morgan fingerprint density at radius 2 is 1.76 bits per heavy atom. The van der Waals surface area contributed by atoms with Crippen molar-refractivity contribution in [2.45, 2.75) is 25.6 Å². The molecule has 134 valence electrons. The number of rotatable bonds is 6. The first-order valence-corrected chi connectivity index (χ1v) is 8.74. The van der Waals surface area contributed by atoms with Crippen molar-refractivity contribution in [2.24, 2.45) is 0 Å². The summed E-state index contributed by atoms with van der Waals surface area (Å²) >= 11 is 0. The molecule has 1 saturated heterocycles. The van der Waals surface area contributed by atoms with Crippen molar-refractivity contribution in [3.63, 3.8) is 0 Å². The van der Waals surface area contributed by atoms with E-state index in [-0.39, 0.29) is 18.5 Å². The minimum Gasteiger partial charge on any atom is -0.508 e. The van der Waals surface area contributed by atoms with Crippen molar-refractivity contribution < 1.29 is 14.6 Å². The number of hydrogen-bond donors (Lipinski definition) is 2. The highest BCUT2D eigenvalue weighted by atomic mass is 19.1. The number of benzene rings is 2. The normalized spacial score (nSPS) is 19.2. The van der Waals surface area contributed by atoms with Gasteiger partial charge in [0.2, 0.25) is 0 Å². The van der Waals surface area contributed by atoms with Crippen molar-refractivity contribution in [1.29, 1.82) is 0 Å². The number of hydrogen-bond acceptors (Lipinski definition) is 4. The summed E-state index contributed by atoms with van der Waals surface area (Å²) in [5, 5.41) is 19.4. The van der Waals surface area contributed by atoms with E-state index in [4.69, 9.17) is 0 Å². The molecule has 0 bridgehead atoms. The zero-order valence-corrected chi connectivity index (χ0v) is 14.3. The first-order chi connectivity index (χ1) is 12.2. The van der Waals surface area contributed by atoms with Crippen LogP contribution in [-0.4, -0.2) is 52.3 Å². The van der Waals surface area contributed by atoms with E-state index in [0.717, 1.165) is 37.3 Å². The van der Waals surface area contributed by atoms with E-state index >= 15 is 0 Å². The van der Waals surface area contributed by atoms with Crippen LogP contribution in [0.15, 0.2) is 48.5 Å². The molecule has 0 amide bonds. The Labute approximate surface area is 148 Å². The predicted octanol–water partition coefficient (Wildman–Crippen LogP) is 2.60. The highest BCUT2D eigenvalue weighted by molar-refractivity contribution is 5.31. The predicted molar refractivity (Wildman–Crippen MR) is 95.7 cm³/mol. The number of phenols is 1. The molecule has 2 aromatic rings. The van der Waals surface area contributed by atoms with Gasteiger partial charge in [-0.25, -0.2) is 4.39 Å². The fourth-order valence-electron chi connectivity index (χ4n) is 3.44. The smallest absolute Gasteiger partial charge is 0.123 e. The Morgan fingerprint density at radius 3 is 2.48 bits per heavy atom. The highest BCUT2D eigenvalue weighted by Gasteiger charge is 2.27. The van der Waals surface area contributed by atoms with E-state index in [9.17, 15) is 14.6 Å². The molecule has 3 rings (SSSR count). The molecular formula is C20H25FN2O2. The third kappa shape index (κ3) is 4.78. The van der Waals surface area contributed by atoms with Crippen LogP contribution in [0.3, 0.4) is 0 Å². The molecule has 0 unspecified atom stereocenters. The maximum Gasteiger partial charge on any atom is 0.123 e. The van der Waals surface area contributed by atoms with Gasteiger partial charge in [0.05, 0.1) is 0 Å². The van der Waals surface area contributed by atoms with Crippen LogP contribution in [-0.2, 0) is 13.1 Å². The zero-order valence-electron chi connectivity index (χ0n) is 14.3. The molecule has 1 heterocycles. The molecule has 0 radical (unpaired) electrons. The minimum absolute atomic E-state index is 0.148. The summed E-state index contributed by atoms with van der Waals surface area (Å²) < 4.78 is 13.1. The van der Waals surface area contributed by atoms with Gasteiger partial charge in [0.25, 0.3) is 0 Å². The van der Waals surface area contributed by atoms with Crippen LogP contribution in [0.25, 0.3) is 0 Å². The van der Waals surface area contributed by atoms with Crippen LogP contribution < -0.4 is 0 Å². The Balaban J connectivity index is 1.63. The highest BCUT2D eigenvalue weighted by Crippen LogP contribution is 2.22. The van der Waals surface area contributed by atoms with Crippen LogP contribution in [0.5, 0.6) is 5.75 Å². The van der Waals surface area contributed by atoms with Gasteiger partial charge in [-0.3, -0.25) is 9.80 Å². The second kappa shape index (κ2) is 8.43. The number of nitrogens with zero attached hydrogens (tertiary/aromatic N) is 2. The van der Waals surface area contributed by atoms with Crippen molar-refractivity contribution in [2.75, 3.05) is 26.2 Å². The molecule has 0 spiro atoms. The molecule has 25 heavy (non-hydrogen) atoms. The average Bonchev–Trinajstić information content (AvgIpc) is 2.61. The Bertz CT molecular complexity index is 678. The van der Waals surface area contributed by atoms with Crippen LogP contribution in [0.2, 0.25) is 0 Å². The fraction of sp³-hybridized carbons (Fsp3) is 0.400. The van der Waals surface area contributed by atoms with Gasteiger partial charge < -0.3 is 10.2 Å². The third-order valence-electron chi connectivity index (χ3n) is 4.84. The van der Waals surface area contributed by atoms with Crippen molar-refractivity contribution in [3.8, 4) is 5.75 Å². The van der Waals surface area contributed by atoms with E-state index in [1.807, 2.05) is 30.3 Å². The topological polar surface area (TPSA) is 46.9 Å². The van der Waals surface area contributed by atoms with Crippen molar-refractivity contribution in [3.05, 3.63) is 65.5 Å². The molecule has 2 N–H and O–H groups in total. The molecule has 1 aliphatic rings. The molecule has 0 aliphatic carbocycles. The van der Waals surface area contributed by atoms with Gasteiger partial charge in [-0.1, -0.05) is 30.3 Å². The molecule has 5 heteroatoms. The molecule has 1 aliphatic heterocycles. The Morgan fingerprint density at radius 1 is 1.00 bits per heavy atom. The van der Waals surface area contributed by atoms with E-state index in [1.54, 1.807) is 6.07 Å². The van der Waals surface area contributed by atoms with Crippen molar-refractivity contribution in [1.82, 2.24) is 9.80 Å². The summed E-state index contributed by atoms with van der Waals surface area (Å²) in [7, 11) is 0. The summed E-state index contributed by atoms with van der Waals surface area (Å²) in [5.41, 5.74) is 2.01. The van der Waals surface area contributed by atoms with Crippen LogP contribution in [0.1, 0.15) is 17.5 Å². The van der Waals surface area contributed by atoms with Gasteiger partial charge in [-0.15, -0.1) is 0 Å². The summed E-state index contributed by atoms with van der Waals surface area (Å²) in [6.45, 7) is 4.24. The average molecular weight is 344 g/mol. The lowest BCUT2D eigenvalue weighted by atomic mass is 10.1. The molecule has 2 aromatic carbocycles. The van der Waals surface area contributed by atoms with Gasteiger partial charge in [-0.2, -0.15) is 0 Å². The number of halogens is 1. The number of aromatic hydroxyl groups is 1. The SMILES string of the molecule is OCC[C@H]1CN(Cc2ccccc2O)CCN1Cc1ccc(F)cc1.